The summed E-state index contributed by atoms with van der Waals surface area (Å²) in [6.45, 7) is 0.507. The molecule has 0 unspecified atom stereocenters. The normalized spacial score (nSPS) is 21.9. The van der Waals surface area contributed by atoms with Crippen LogP contribution in [0.25, 0.3) is 0 Å². The van der Waals surface area contributed by atoms with Crippen LogP contribution in [-0.2, 0) is 11.3 Å². The van der Waals surface area contributed by atoms with Crippen LogP contribution in [0.1, 0.15) is 31.2 Å². The van der Waals surface area contributed by atoms with Crippen LogP contribution in [0.3, 0.4) is 0 Å². The molecular weight excluding hydrogens is 379 g/mol. The Labute approximate surface area is 140 Å². The standard InChI is InChI=1S/C15H17BrF3NO3/c16-12-7-9(1-6-13(12)23-15(17,18)19)8-20-11-4-2-10(3-5-11)14(21)22/h1,6-7,10-11,20H,2-5,8H2,(H,21,22). The first-order chi connectivity index (χ1) is 10.7. The quantitative estimate of drug-likeness (QED) is 0.788. The molecule has 1 aliphatic rings. The number of alkyl halides is 3. The van der Waals surface area contributed by atoms with Gasteiger partial charge in [-0.25, -0.2) is 0 Å². The van der Waals surface area contributed by atoms with E-state index in [1.807, 2.05) is 0 Å². The molecule has 0 heterocycles. The predicted molar refractivity (Wildman–Crippen MR) is 81.0 cm³/mol. The molecule has 0 bridgehead atoms. The molecule has 0 saturated heterocycles. The van der Waals surface area contributed by atoms with Crippen molar-refractivity contribution in [2.45, 2.75) is 44.6 Å². The minimum atomic E-state index is -4.72. The molecule has 0 spiro atoms. The van der Waals surface area contributed by atoms with Crippen LogP contribution in [0, 0.1) is 5.92 Å². The Morgan fingerprint density at radius 1 is 1.30 bits per heavy atom. The van der Waals surface area contributed by atoms with Crippen LogP contribution < -0.4 is 10.1 Å². The topological polar surface area (TPSA) is 58.6 Å². The number of carbonyl (C=O) groups is 1. The maximum absolute atomic E-state index is 12.2. The molecule has 2 rings (SSSR count). The highest BCUT2D eigenvalue weighted by Gasteiger charge is 2.32. The third-order valence-corrected chi connectivity index (χ3v) is 4.51. The number of rotatable bonds is 5. The fourth-order valence-electron chi connectivity index (χ4n) is 2.67. The van der Waals surface area contributed by atoms with Gasteiger partial charge in [0.2, 0.25) is 0 Å². The first-order valence-electron chi connectivity index (χ1n) is 7.25. The number of aliphatic carboxylic acids is 1. The van der Waals surface area contributed by atoms with E-state index >= 15 is 0 Å². The van der Waals surface area contributed by atoms with Crippen LogP contribution in [0.5, 0.6) is 5.75 Å². The smallest absolute Gasteiger partial charge is 0.481 e. The number of halogens is 4. The van der Waals surface area contributed by atoms with Gasteiger partial charge in [0.1, 0.15) is 5.75 Å². The number of nitrogens with one attached hydrogen (secondary N) is 1. The van der Waals surface area contributed by atoms with Gasteiger partial charge in [-0.2, -0.15) is 0 Å². The van der Waals surface area contributed by atoms with Gasteiger partial charge < -0.3 is 15.2 Å². The van der Waals surface area contributed by atoms with Crippen LogP contribution >= 0.6 is 15.9 Å². The number of carboxylic acids is 1. The van der Waals surface area contributed by atoms with Gasteiger partial charge in [-0.15, -0.1) is 13.2 Å². The van der Waals surface area contributed by atoms with E-state index in [0.717, 1.165) is 18.4 Å². The van der Waals surface area contributed by atoms with Crippen molar-refractivity contribution in [1.82, 2.24) is 5.32 Å². The summed E-state index contributed by atoms with van der Waals surface area (Å²) in [7, 11) is 0. The lowest BCUT2D eigenvalue weighted by Gasteiger charge is -2.27. The minimum Gasteiger partial charge on any atom is -0.481 e. The SMILES string of the molecule is O=C(O)C1CCC(NCc2ccc(OC(F)(F)F)c(Br)c2)CC1. The lowest BCUT2D eigenvalue weighted by atomic mass is 9.86. The summed E-state index contributed by atoms with van der Waals surface area (Å²) < 4.78 is 40.7. The second-order valence-corrected chi connectivity index (χ2v) is 6.43. The maximum Gasteiger partial charge on any atom is 0.573 e. The minimum absolute atomic E-state index is 0.232. The summed E-state index contributed by atoms with van der Waals surface area (Å²) in [5, 5.41) is 12.3. The highest BCUT2D eigenvalue weighted by Crippen LogP contribution is 2.31. The second kappa shape index (κ2) is 7.53. The van der Waals surface area contributed by atoms with Gasteiger partial charge in [0.25, 0.3) is 0 Å². The van der Waals surface area contributed by atoms with Crippen LogP contribution in [-0.4, -0.2) is 23.5 Å². The molecule has 0 radical (unpaired) electrons. The first kappa shape index (κ1) is 18.1. The summed E-state index contributed by atoms with van der Waals surface area (Å²) in [5.41, 5.74) is 0.826. The summed E-state index contributed by atoms with van der Waals surface area (Å²) in [4.78, 5) is 10.9. The number of hydrogen-bond donors (Lipinski definition) is 2. The van der Waals surface area contributed by atoms with E-state index in [1.165, 1.54) is 6.07 Å². The largest absolute Gasteiger partial charge is 0.573 e. The van der Waals surface area contributed by atoms with Gasteiger partial charge in [-0.3, -0.25) is 4.79 Å². The van der Waals surface area contributed by atoms with Gasteiger partial charge in [0, 0.05) is 12.6 Å². The Hall–Kier alpha value is -1.28. The van der Waals surface area contributed by atoms with Gasteiger partial charge in [-0.05, 0) is 59.3 Å². The average Bonchev–Trinajstić information content (AvgIpc) is 2.47. The van der Waals surface area contributed by atoms with E-state index < -0.39 is 12.3 Å². The van der Waals surface area contributed by atoms with Crippen molar-refractivity contribution < 1.29 is 27.8 Å². The van der Waals surface area contributed by atoms with E-state index in [0.29, 0.717) is 19.4 Å². The molecule has 23 heavy (non-hydrogen) atoms. The molecule has 0 aliphatic heterocycles. The van der Waals surface area contributed by atoms with Gasteiger partial charge in [0.15, 0.2) is 0 Å². The van der Waals surface area contributed by atoms with E-state index in [-0.39, 0.29) is 22.2 Å². The van der Waals surface area contributed by atoms with E-state index in [2.05, 4.69) is 26.0 Å². The highest BCUT2D eigenvalue weighted by atomic mass is 79.9. The third-order valence-electron chi connectivity index (χ3n) is 3.89. The zero-order chi connectivity index (χ0) is 17.0. The summed E-state index contributed by atoms with van der Waals surface area (Å²) in [5.74, 6) is -1.28. The lowest BCUT2D eigenvalue weighted by molar-refractivity contribution is -0.274. The van der Waals surface area contributed by atoms with Crippen LogP contribution in [0.4, 0.5) is 13.2 Å². The van der Waals surface area contributed by atoms with Gasteiger partial charge >= 0.3 is 12.3 Å². The molecule has 8 heteroatoms. The summed E-state index contributed by atoms with van der Waals surface area (Å²) in [6.07, 6.45) is -1.85. The Morgan fingerprint density at radius 2 is 1.96 bits per heavy atom. The second-order valence-electron chi connectivity index (χ2n) is 5.58. The van der Waals surface area contributed by atoms with E-state index in [1.54, 1.807) is 12.1 Å². The lowest BCUT2D eigenvalue weighted by Crippen LogP contribution is -2.34. The maximum atomic E-state index is 12.2. The molecule has 128 valence electrons. The molecule has 1 aromatic rings. The monoisotopic (exact) mass is 395 g/mol. The van der Waals surface area contributed by atoms with E-state index in [9.17, 15) is 18.0 Å². The fraction of sp³-hybridized carbons (Fsp3) is 0.533. The average molecular weight is 396 g/mol. The molecule has 1 fully saturated rings. The Balaban J connectivity index is 1.85. The summed E-state index contributed by atoms with van der Waals surface area (Å²) >= 11 is 3.07. The fourth-order valence-corrected chi connectivity index (χ4v) is 3.18. The molecule has 0 amide bonds. The molecule has 1 aromatic carbocycles. The summed E-state index contributed by atoms with van der Waals surface area (Å²) in [6, 6.07) is 4.66. The number of ether oxygens (including phenoxy) is 1. The van der Waals surface area contributed by atoms with Crippen molar-refractivity contribution in [3.63, 3.8) is 0 Å². The van der Waals surface area contributed by atoms with Crippen molar-refractivity contribution in [3.05, 3.63) is 28.2 Å². The predicted octanol–water partition coefficient (Wildman–Crippen LogP) is 4.08. The first-order valence-corrected chi connectivity index (χ1v) is 8.04. The van der Waals surface area contributed by atoms with Crippen molar-refractivity contribution in [2.75, 3.05) is 0 Å². The molecule has 2 N–H and O–H groups in total. The van der Waals surface area contributed by atoms with Crippen molar-refractivity contribution in [2.24, 2.45) is 5.92 Å². The number of carboxylic acid groups (broad SMARTS) is 1. The van der Waals surface area contributed by atoms with Crippen molar-refractivity contribution in [3.8, 4) is 5.75 Å². The molecule has 0 aromatic heterocycles. The van der Waals surface area contributed by atoms with Crippen molar-refractivity contribution in [1.29, 1.82) is 0 Å². The van der Waals surface area contributed by atoms with E-state index in [4.69, 9.17) is 5.11 Å². The highest BCUT2D eigenvalue weighted by molar-refractivity contribution is 9.10. The zero-order valence-electron chi connectivity index (χ0n) is 12.2. The van der Waals surface area contributed by atoms with Crippen molar-refractivity contribution >= 4 is 21.9 Å². The molecule has 1 aliphatic carbocycles. The van der Waals surface area contributed by atoms with Gasteiger partial charge in [-0.1, -0.05) is 6.07 Å². The van der Waals surface area contributed by atoms with Crippen LogP contribution in [0.15, 0.2) is 22.7 Å². The Bertz CT molecular complexity index is 557. The molecular formula is C15H17BrF3NO3. The number of benzene rings is 1. The molecule has 1 saturated carbocycles. The van der Waals surface area contributed by atoms with Gasteiger partial charge in [0.05, 0.1) is 10.4 Å². The Morgan fingerprint density at radius 3 is 2.48 bits per heavy atom. The number of hydrogen-bond acceptors (Lipinski definition) is 3. The molecule has 4 nitrogen and oxygen atoms in total. The van der Waals surface area contributed by atoms with Crippen LogP contribution in [0.2, 0.25) is 0 Å². The third kappa shape index (κ3) is 5.69. The molecule has 0 atom stereocenters. The Kier molecular flexibility index (Phi) is 5.91. The zero-order valence-corrected chi connectivity index (χ0v) is 13.8.